The van der Waals surface area contributed by atoms with Gasteiger partial charge in [-0.1, -0.05) is 12.1 Å². The molecule has 0 amide bonds. The molecule has 1 fully saturated rings. The summed E-state index contributed by atoms with van der Waals surface area (Å²) in [5.74, 6) is 1.02. The predicted octanol–water partition coefficient (Wildman–Crippen LogP) is 2.67. The molecule has 1 saturated heterocycles. The zero-order valence-corrected chi connectivity index (χ0v) is 15.3. The number of imidazole rings is 1. The van der Waals surface area contributed by atoms with Crippen LogP contribution in [0.15, 0.2) is 54.9 Å². The van der Waals surface area contributed by atoms with Gasteiger partial charge >= 0.3 is 0 Å². The topological polar surface area (TPSA) is 58.3 Å². The van der Waals surface area contributed by atoms with Crippen LogP contribution in [0.4, 0.5) is 5.82 Å². The highest BCUT2D eigenvalue weighted by Gasteiger charge is 2.22. The summed E-state index contributed by atoms with van der Waals surface area (Å²) >= 11 is 0. The maximum absolute atomic E-state index is 4.88. The van der Waals surface area contributed by atoms with E-state index in [0.29, 0.717) is 6.04 Å². The SMILES string of the molecule is CNC1CCN(c2ccc3ncc(Cc4ccc5ncccc5c4)n3n2)C1. The van der Waals surface area contributed by atoms with Crippen LogP contribution in [0, 0.1) is 0 Å². The first-order valence-corrected chi connectivity index (χ1v) is 9.40. The van der Waals surface area contributed by atoms with Gasteiger partial charge < -0.3 is 10.2 Å². The molecule has 1 aliphatic heterocycles. The third-order valence-corrected chi connectivity index (χ3v) is 5.39. The molecule has 0 spiro atoms. The minimum Gasteiger partial charge on any atom is -0.354 e. The molecule has 0 radical (unpaired) electrons. The van der Waals surface area contributed by atoms with Crippen LogP contribution >= 0.6 is 0 Å². The zero-order valence-electron chi connectivity index (χ0n) is 15.3. The van der Waals surface area contributed by atoms with Crippen molar-refractivity contribution < 1.29 is 0 Å². The Hall–Kier alpha value is -2.99. The number of nitrogens with one attached hydrogen (secondary N) is 1. The number of fused-ring (bicyclic) bond motifs is 2. The number of hydrogen-bond acceptors (Lipinski definition) is 5. The number of pyridine rings is 1. The smallest absolute Gasteiger partial charge is 0.153 e. The van der Waals surface area contributed by atoms with Crippen LogP contribution in [-0.4, -0.2) is 45.8 Å². The molecule has 1 aliphatic rings. The summed E-state index contributed by atoms with van der Waals surface area (Å²) in [6.45, 7) is 2.03. The van der Waals surface area contributed by atoms with E-state index in [1.807, 2.05) is 30.0 Å². The van der Waals surface area contributed by atoms with E-state index >= 15 is 0 Å². The third kappa shape index (κ3) is 3.02. The molecule has 6 nitrogen and oxygen atoms in total. The van der Waals surface area contributed by atoms with Crippen LogP contribution in [0.25, 0.3) is 16.6 Å². The molecule has 1 aromatic carbocycles. The Morgan fingerprint density at radius 3 is 3.00 bits per heavy atom. The molecule has 0 bridgehead atoms. The number of anilines is 1. The summed E-state index contributed by atoms with van der Waals surface area (Å²) < 4.78 is 1.98. The molecule has 27 heavy (non-hydrogen) atoms. The van der Waals surface area contributed by atoms with Gasteiger partial charge in [0, 0.05) is 37.1 Å². The fourth-order valence-corrected chi connectivity index (χ4v) is 3.85. The van der Waals surface area contributed by atoms with Gasteiger partial charge in [-0.25, -0.2) is 9.50 Å². The van der Waals surface area contributed by atoms with Crippen molar-refractivity contribution in [2.45, 2.75) is 18.9 Å². The summed E-state index contributed by atoms with van der Waals surface area (Å²) in [6.07, 6.45) is 5.70. The Kier molecular flexibility index (Phi) is 3.98. The highest BCUT2D eigenvalue weighted by molar-refractivity contribution is 5.79. The summed E-state index contributed by atoms with van der Waals surface area (Å²) in [5.41, 5.74) is 4.24. The van der Waals surface area contributed by atoms with E-state index in [0.717, 1.165) is 54.0 Å². The minimum absolute atomic E-state index is 0.538. The van der Waals surface area contributed by atoms with E-state index in [1.54, 1.807) is 0 Å². The lowest BCUT2D eigenvalue weighted by Gasteiger charge is -2.17. The normalized spacial score (nSPS) is 17.2. The first-order chi connectivity index (χ1) is 13.3. The maximum atomic E-state index is 4.88. The molecule has 5 rings (SSSR count). The van der Waals surface area contributed by atoms with Crippen LogP contribution in [-0.2, 0) is 6.42 Å². The van der Waals surface area contributed by atoms with Gasteiger partial charge in [-0.2, -0.15) is 0 Å². The quantitative estimate of drug-likeness (QED) is 0.608. The number of aromatic nitrogens is 4. The Morgan fingerprint density at radius 2 is 2.11 bits per heavy atom. The first-order valence-electron chi connectivity index (χ1n) is 9.40. The van der Waals surface area contributed by atoms with Gasteiger partial charge in [-0.05, 0) is 49.4 Å². The second kappa shape index (κ2) is 6.63. The van der Waals surface area contributed by atoms with Crippen LogP contribution in [0.5, 0.6) is 0 Å². The third-order valence-electron chi connectivity index (χ3n) is 5.39. The average molecular weight is 358 g/mol. The first kappa shape index (κ1) is 16.2. The molecular formula is C21H22N6. The fraction of sp³-hybridized carbons (Fsp3) is 0.286. The van der Waals surface area contributed by atoms with E-state index in [-0.39, 0.29) is 0 Å². The number of likely N-dealkylation sites (N-methyl/N-ethyl adjacent to an activating group) is 1. The van der Waals surface area contributed by atoms with E-state index in [4.69, 9.17) is 5.10 Å². The average Bonchev–Trinajstić information content (AvgIpc) is 3.35. The Morgan fingerprint density at radius 1 is 1.15 bits per heavy atom. The number of rotatable bonds is 4. The van der Waals surface area contributed by atoms with Crippen molar-refractivity contribution in [3.05, 3.63) is 66.1 Å². The molecule has 1 N–H and O–H groups in total. The van der Waals surface area contributed by atoms with Crippen molar-refractivity contribution in [1.29, 1.82) is 0 Å². The molecule has 1 atom stereocenters. The van der Waals surface area contributed by atoms with Gasteiger partial charge in [0.15, 0.2) is 5.65 Å². The Balaban J connectivity index is 1.46. The van der Waals surface area contributed by atoms with Gasteiger partial charge in [-0.15, -0.1) is 5.10 Å². The van der Waals surface area contributed by atoms with Crippen LogP contribution in [0.1, 0.15) is 17.7 Å². The van der Waals surface area contributed by atoms with Crippen molar-refractivity contribution in [1.82, 2.24) is 24.9 Å². The largest absolute Gasteiger partial charge is 0.354 e. The standard InChI is InChI=1S/C21H22N6/c1-22-17-8-10-26(14-17)21-7-6-20-24-13-18(27(20)25-21)12-15-4-5-19-16(11-15)3-2-9-23-19/h2-7,9,11,13,17,22H,8,10,12,14H2,1H3. The Labute approximate surface area is 157 Å². The fourth-order valence-electron chi connectivity index (χ4n) is 3.85. The second-order valence-corrected chi connectivity index (χ2v) is 7.14. The van der Waals surface area contributed by atoms with Crippen molar-refractivity contribution in [3.63, 3.8) is 0 Å². The minimum atomic E-state index is 0.538. The van der Waals surface area contributed by atoms with Gasteiger partial charge in [0.1, 0.15) is 5.82 Å². The van der Waals surface area contributed by atoms with Gasteiger partial charge in [0.25, 0.3) is 0 Å². The highest BCUT2D eigenvalue weighted by atomic mass is 15.3. The Bertz CT molecular complexity index is 1100. The van der Waals surface area contributed by atoms with E-state index in [2.05, 4.69) is 56.6 Å². The molecule has 3 aromatic heterocycles. The number of nitrogens with zero attached hydrogens (tertiary/aromatic N) is 5. The predicted molar refractivity (Wildman–Crippen MR) is 107 cm³/mol. The molecule has 136 valence electrons. The molecule has 0 aliphatic carbocycles. The van der Waals surface area contributed by atoms with Crippen molar-refractivity contribution in [2.24, 2.45) is 0 Å². The van der Waals surface area contributed by atoms with E-state index < -0.39 is 0 Å². The molecule has 4 aromatic rings. The lowest BCUT2D eigenvalue weighted by atomic mass is 10.1. The molecular weight excluding hydrogens is 336 g/mol. The summed E-state index contributed by atoms with van der Waals surface area (Å²) in [5, 5.41) is 9.40. The molecule has 6 heteroatoms. The monoisotopic (exact) mass is 358 g/mol. The van der Waals surface area contributed by atoms with Crippen molar-refractivity contribution in [3.8, 4) is 0 Å². The van der Waals surface area contributed by atoms with Gasteiger partial charge in [0.05, 0.1) is 17.4 Å². The van der Waals surface area contributed by atoms with Crippen LogP contribution in [0.2, 0.25) is 0 Å². The lowest BCUT2D eigenvalue weighted by Crippen LogP contribution is -2.30. The second-order valence-electron chi connectivity index (χ2n) is 7.14. The number of hydrogen-bond donors (Lipinski definition) is 1. The van der Waals surface area contributed by atoms with E-state index in [9.17, 15) is 0 Å². The number of benzene rings is 1. The summed E-state index contributed by atoms with van der Waals surface area (Å²) in [7, 11) is 2.03. The van der Waals surface area contributed by atoms with Crippen LogP contribution < -0.4 is 10.2 Å². The molecule has 4 heterocycles. The maximum Gasteiger partial charge on any atom is 0.153 e. The molecule has 1 unspecified atom stereocenters. The zero-order chi connectivity index (χ0) is 18.2. The summed E-state index contributed by atoms with van der Waals surface area (Å²) in [6, 6.07) is 15.2. The van der Waals surface area contributed by atoms with Crippen LogP contribution in [0.3, 0.4) is 0 Å². The van der Waals surface area contributed by atoms with Crippen molar-refractivity contribution in [2.75, 3.05) is 25.0 Å². The van der Waals surface area contributed by atoms with E-state index in [1.165, 1.54) is 5.56 Å². The van der Waals surface area contributed by atoms with Crippen molar-refractivity contribution >= 4 is 22.4 Å². The highest BCUT2D eigenvalue weighted by Crippen LogP contribution is 2.21. The van der Waals surface area contributed by atoms with Gasteiger partial charge in [0.2, 0.25) is 0 Å². The van der Waals surface area contributed by atoms with Gasteiger partial charge in [-0.3, -0.25) is 4.98 Å². The molecule has 0 saturated carbocycles. The lowest BCUT2D eigenvalue weighted by molar-refractivity contribution is 0.616. The summed E-state index contributed by atoms with van der Waals surface area (Å²) in [4.78, 5) is 11.3.